The van der Waals surface area contributed by atoms with Gasteiger partial charge in [0.25, 0.3) is 5.56 Å². The quantitative estimate of drug-likeness (QED) is 0.686. The van der Waals surface area contributed by atoms with Crippen molar-refractivity contribution in [1.29, 1.82) is 10.5 Å². The molecule has 0 saturated heterocycles. The smallest absolute Gasteiger partial charge is 0.331 e. The molecular weight excluding hydrogens is 262 g/mol. The van der Waals surface area contributed by atoms with Crippen LogP contribution in [0.3, 0.4) is 0 Å². The Kier molecular flexibility index (Phi) is 5.24. The zero-order valence-corrected chi connectivity index (χ0v) is 10.9. The van der Waals surface area contributed by atoms with Crippen LogP contribution in [0.25, 0.3) is 0 Å². The number of carbonyl (C=O) groups is 1. The van der Waals surface area contributed by atoms with E-state index in [1.165, 1.54) is 10.8 Å². The SMILES string of the molecule is CCn1cc(C#N)c(=O)n(CC(=O)NCCC#N)c1=O. The molecule has 0 aliphatic carbocycles. The highest BCUT2D eigenvalue weighted by Gasteiger charge is 2.13. The van der Waals surface area contributed by atoms with Crippen molar-refractivity contribution in [2.75, 3.05) is 6.54 Å². The highest BCUT2D eigenvalue weighted by atomic mass is 16.2. The van der Waals surface area contributed by atoms with Crippen LogP contribution < -0.4 is 16.6 Å². The van der Waals surface area contributed by atoms with Crippen LogP contribution >= 0.6 is 0 Å². The summed E-state index contributed by atoms with van der Waals surface area (Å²) >= 11 is 0. The number of aryl methyl sites for hydroxylation is 1. The van der Waals surface area contributed by atoms with E-state index in [1.807, 2.05) is 6.07 Å². The zero-order valence-electron chi connectivity index (χ0n) is 10.9. The van der Waals surface area contributed by atoms with Crippen LogP contribution in [0.15, 0.2) is 15.8 Å². The number of hydrogen-bond donors (Lipinski definition) is 1. The van der Waals surface area contributed by atoms with E-state index < -0.39 is 23.7 Å². The topological polar surface area (TPSA) is 121 Å². The Hall–Kier alpha value is -2.87. The first-order chi connectivity index (χ1) is 9.54. The summed E-state index contributed by atoms with van der Waals surface area (Å²) in [5.74, 6) is -0.558. The van der Waals surface area contributed by atoms with Crippen LogP contribution in [0.2, 0.25) is 0 Å². The fourth-order valence-electron chi connectivity index (χ4n) is 1.55. The third-order valence-corrected chi connectivity index (χ3v) is 2.56. The maximum Gasteiger partial charge on any atom is 0.331 e. The number of carbonyl (C=O) groups excluding carboxylic acids is 1. The molecule has 1 amide bonds. The van der Waals surface area contributed by atoms with Gasteiger partial charge in [0.2, 0.25) is 5.91 Å². The lowest BCUT2D eigenvalue weighted by Gasteiger charge is -2.09. The molecule has 0 aliphatic rings. The number of aromatic nitrogens is 2. The van der Waals surface area contributed by atoms with Crippen molar-refractivity contribution in [3.8, 4) is 12.1 Å². The number of amides is 1. The van der Waals surface area contributed by atoms with Gasteiger partial charge < -0.3 is 5.32 Å². The average Bonchev–Trinajstić information content (AvgIpc) is 2.44. The Morgan fingerprint density at radius 3 is 2.65 bits per heavy atom. The predicted octanol–water partition coefficient (Wildman–Crippen LogP) is -1.07. The highest BCUT2D eigenvalue weighted by Crippen LogP contribution is 1.88. The lowest BCUT2D eigenvalue weighted by atomic mass is 10.3. The van der Waals surface area contributed by atoms with Crippen molar-refractivity contribution in [3.05, 3.63) is 32.6 Å². The van der Waals surface area contributed by atoms with Gasteiger partial charge in [-0.3, -0.25) is 14.2 Å². The Bertz CT molecular complexity index is 702. The average molecular weight is 275 g/mol. The Labute approximate surface area is 114 Å². The van der Waals surface area contributed by atoms with Crippen LogP contribution in [-0.2, 0) is 17.9 Å². The summed E-state index contributed by atoms with van der Waals surface area (Å²) in [7, 11) is 0. The summed E-state index contributed by atoms with van der Waals surface area (Å²) < 4.78 is 1.90. The van der Waals surface area contributed by atoms with Gasteiger partial charge in [-0.1, -0.05) is 0 Å². The minimum Gasteiger partial charge on any atom is -0.354 e. The van der Waals surface area contributed by atoms with Gasteiger partial charge in [0, 0.05) is 19.3 Å². The Morgan fingerprint density at radius 1 is 1.40 bits per heavy atom. The fraction of sp³-hybridized carbons (Fsp3) is 0.417. The Morgan fingerprint density at radius 2 is 2.10 bits per heavy atom. The fourth-order valence-corrected chi connectivity index (χ4v) is 1.55. The summed E-state index contributed by atoms with van der Waals surface area (Å²) in [6.07, 6.45) is 1.31. The summed E-state index contributed by atoms with van der Waals surface area (Å²) in [6, 6.07) is 3.55. The van der Waals surface area contributed by atoms with Crippen molar-refractivity contribution in [2.45, 2.75) is 26.4 Å². The molecule has 0 aromatic carbocycles. The van der Waals surface area contributed by atoms with Crippen LogP contribution in [0, 0.1) is 22.7 Å². The van der Waals surface area contributed by atoms with Gasteiger partial charge in [-0.05, 0) is 6.92 Å². The largest absolute Gasteiger partial charge is 0.354 e. The number of hydrogen-bond acceptors (Lipinski definition) is 5. The second-order valence-electron chi connectivity index (χ2n) is 3.87. The van der Waals surface area contributed by atoms with Crippen LogP contribution in [0.1, 0.15) is 18.9 Å². The Balaban J connectivity index is 3.10. The number of nitrogens with zero attached hydrogens (tertiary/aromatic N) is 4. The molecule has 0 aliphatic heterocycles. The monoisotopic (exact) mass is 275 g/mol. The molecule has 0 radical (unpaired) electrons. The summed E-state index contributed by atoms with van der Waals surface area (Å²) in [4.78, 5) is 35.4. The highest BCUT2D eigenvalue weighted by molar-refractivity contribution is 5.75. The van der Waals surface area contributed by atoms with Gasteiger partial charge in [0.05, 0.1) is 12.5 Å². The lowest BCUT2D eigenvalue weighted by Crippen LogP contribution is -2.44. The van der Waals surface area contributed by atoms with Gasteiger partial charge in [-0.2, -0.15) is 10.5 Å². The van der Waals surface area contributed by atoms with Crippen LogP contribution in [-0.4, -0.2) is 21.6 Å². The van der Waals surface area contributed by atoms with E-state index in [-0.39, 0.29) is 25.1 Å². The number of rotatable bonds is 5. The van der Waals surface area contributed by atoms with E-state index in [0.717, 1.165) is 0 Å². The van der Waals surface area contributed by atoms with Crippen molar-refractivity contribution < 1.29 is 4.79 Å². The second-order valence-corrected chi connectivity index (χ2v) is 3.87. The molecule has 104 valence electrons. The molecule has 20 heavy (non-hydrogen) atoms. The van der Waals surface area contributed by atoms with Crippen LogP contribution in [0.5, 0.6) is 0 Å². The molecule has 8 nitrogen and oxygen atoms in total. The molecule has 1 aromatic rings. The van der Waals surface area contributed by atoms with Crippen LogP contribution in [0.4, 0.5) is 0 Å². The molecule has 0 unspecified atom stereocenters. The van der Waals surface area contributed by atoms with Crippen molar-refractivity contribution in [1.82, 2.24) is 14.5 Å². The molecule has 0 atom stereocenters. The second kappa shape index (κ2) is 6.90. The molecule has 0 bridgehead atoms. The van der Waals surface area contributed by atoms with E-state index in [1.54, 1.807) is 13.0 Å². The van der Waals surface area contributed by atoms with Gasteiger partial charge >= 0.3 is 5.69 Å². The van der Waals surface area contributed by atoms with E-state index in [2.05, 4.69) is 5.32 Å². The summed E-state index contributed by atoms with van der Waals surface area (Å²) in [6.45, 7) is 1.64. The third-order valence-electron chi connectivity index (χ3n) is 2.56. The predicted molar refractivity (Wildman–Crippen MR) is 68.6 cm³/mol. The standard InChI is InChI=1S/C12H13N5O3/c1-2-16-7-9(6-14)11(19)17(12(16)20)8-10(18)15-5-3-4-13/h7H,2-3,5,8H2,1H3,(H,15,18). The molecule has 0 saturated carbocycles. The molecule has 1 N–H and O–H groups in total. The maximum absolute atomic E-state index is 11.9. The van der Waals surface area contributed by atoms with Gasteiger partial charge in [-0.25, -0.2) is 9.36 Å². The lowest BCUT2D eigenvalue weighted by molar-refractivity contribution is -0.121. The van der Waals surface area contributed by atoms with E-state index in [0.29, 0.717) is 4.57 Å². The van der Waals surface area contributed by atoms with Gasteiger partial charge in [0.15, 0.2) is 0 Å². The molecule has 1 rings (SSSR count). The van der Waals surface area contributed by atoms with E-state index in [9.17, 15) is 14.4 Å². The molecular formula is C12H13N5O3. The molecule has 1 heterocycles. The third kappa shape index (κ3) is 3.33. The molecule has 8 heteroatoms. The minimum atomic E-state index is -0.794. The maximum atomic E-state index is 11.9. The molecule has 0 fully saturated rings. The van der Waals surface area contributed by atoms with Crippen molar-refractivity contribution in [3.63, 3.8) is 0 Å². The van der Waals surface area contributed by atoms with E-state index in [4.69, 9.17) is 10.5 Å². The van der Waals surface area contributed by atoms with Gasteiger partial charge in [-0.15, -0.1) is 0 Å². The zero-order chi connectivity index (χ0) is 15.1. The van der Waals surface area contributed by atoms with Crippen molar-refractivity contribution in [2.24, 2.45) is 0 Å². The van der Waals surface area contributed by atoms with Crippen molar-refractivity contribution >= 4 is 5.91 Å². The minimum absolute atomic E-state index is 0.137. The summed E-state index contributed by atoms with van der Waals surface area (Å²) in [5, 5.41) is 19.6. The first-order valence-electron chi connectivity index (χ1n) is 5.93. The first-order valence-corrected chi connectivity index (χ1v) is 5.93. The normalized spacial score (nSPS) is 9.55. The van der Waals surface area contributed by atoms with Gasteiger partial charge in [0.1, 0.15) is 18.2 Å². The number of nitrogens with one attached hydrogen (secondary N) is 1. The number of nitriles is 2. The molecule has 0 spiro atoms. The summed E-state index contributed by atoms with van der Waals surface area (Å²) in [5.41, 5.74) is -1.64. The first kappa shape index (κ1) is 15.2. The molecule has 1 aromatic heterocycles. The van der Waals surface area contributed by atoms with E-state index >= 15 is 0 Å².